The van der Waals surface area contributed by atoms with Crippen LogP contribution in [-0.4, -0.2) is 35.7 Å². The number of rotatable bonds is 33. The molecule has 0 unspecified atom stereocenters. The second-order valence-electron chi connectivity index (χ2n) is 12.7. The Kier molecular flexibility index (Phi) is 33.9. The maximum atomic E-state index is 11.9. The van der Waals surface area contributed by atoms with Crippen LogP contribution in [0, 0.1) is 0 Å². The van der Waals surface area contributed by atoms with E-state index in [1.807, 2.05) is 0 Å². The molecule has 0 aromatic heterocycles. The molecule has 0 spiro atoms. The summed E-state index contributed by atoms with van der Waals surface area (Å²) in [4.78, 5) is 35.5. The van der Waals surface area contributed by atoms with Crippen LogP contribution in [0.3, 0.4) is 0 Å². The molecule has 0 rings (SSSR count). The van der Waals surface area contributed by atoms with Crippen LogP contribution in [0.4, 0.5) is 0 Å². The fourth-order valence-corrected chi connectivity index (χ4v) is 5.26. The Morgan fingerprint density at radius 3 is 1.59 bits per heavy atom. The molecule has 1 N–H and O–H groups in total. The van der Waals surface area contributed by atoms with Crippen LogP contribution in [0.1, 0.15) is 187 Å². The summed E-state index contributed by atoms with van der Waals surface area (Å²) in [6.07, 6.45) is 40.2. The van der Waals surface area contributed by atoms with Gasteiger partial charge >= 0.3 is 17.9 Å². The van der Waals surface area contributed by atoms with Crippen LogP contribution in [-0.2, 0) is 23.9 Å². The van der Waals surface area contributed by atoms with Crippen molar-refractivity contribution in [3.8, 4) is 0 Å². The zero-order valence-electron chi connectivity index (χ0n) is 29.8. The predicted molar refractivity (Wildman–Crippen MR) is 191 cm³/mol. The van der Waals surface area contributed by atoms with Crippen LogP contribution in [0.15, 0.2) is 36.5 Å². The first-order chi connectivity index (χ1) is 22.5. The average Bonchev–Trinajstić information content (AvgIpc) is 3.04. The van der Waals surface area contributed by atoms with Gasteiger partial charge < -0.3 is 14.6 Å². The van der Waals surface area contributed by atoms with Gasteiger partial charge in [0.1, 0.15) is 0 Å². The molecule has 0 bridgehead atoms. The second kappa shape index (κ2) is 35.6. The smallest absolute Gasteiger partial charge is 0.338 e. The molecule has 0 saturated heterocycles. The summed E-state index contributed by atoms with van der Waals surface area (Å²) in [7, 11) is 0. The molecule has 0 aromatic rings. The Hall–Kier alpha value is -2.21. The lowest BCUT2D eigenvalue weighted by Crippen LogP contribution is -2.11. The molecule has 0 radical (unpaired) electrons. The largest absolute Gasteiger partial charge is 0.463 e. The van der Waals surface area contributed by atoms with Gasteiger partial charge in [-0.25, -0.2) is 9.59 Å². The van der Waals surface area contributed by atoms with E-state index in [0.717, 1.165) is 82.8 Å². The summed E-state index contributed by atoms with van der Waals surface area (Å²) in [5.74, 6) is -1.99. The first-order valence-electron chi connectivity index (χ1n) is 19.1. The van der Waals surface area contributed by atoms with Crippen molar-refractivity contribution in [2.75, 3.05) is 6.61 Å². The van der Waals surface area contributed by atoms with Gasteiger partial charge in [0, 0.05) is 18.6 Å². The summed E-state index contributed by atoms with van der Waals surface area (Å²) in [6.45, 7) is 4.78. The Morgan fingerprint density at radius 2 is 1.00 bits per heavy atom. The first-order valence-corrected chi connectivity index (χ1v) is 19.1. The molecule has 0 fully saturated rings. The lowest BCUT2D eigenvalue weighted by atomic mass is 10.1. The Balaban J connectivity index is 3.57. The predicted octanol–water partition coefficient (Wildman–Crippen LogP) is 11.2. The van der Waals surface area contributed by atoms with E-state index in [0.29, 0.717) is 13.0 Å². The van der Waals surface area contributed by atoms with Gasteiger partial charge in [-0.15, -0.1) is 0 Å². The van der Waals surface area contributed by atoms with Gasteiger partial charge in [0.15, 0.2) is 0 Å². The van der Waals surface area contributed by atoms with Crippen LogP contribution < -0.4 is 0 Å². The zero-order valence-corrected chi connectivity index (χ0v) is 29.8. The van der Waals surface area contributed by atoms with Gasteiger partial charge in [0.05, 0.1) is 12.7 Å². The first kappa shape index (κ1) is 43.8. The normalized spacial score (nSPS) is 12.4. The highest BCUT2D eigenvalue weighted by atomic mass is 16.6. The van der Waals surface area contributed by atoms with Gasteiger partial charge in [-0.2, -0.15) is 0 Å². The van der Waals surface area contributed by atoms with E-state index in [9.17, 15) is 19.5 Å². The molecule has 0 heterocycles. The van der Waals surface area contributed by atoms with Crippen molar-refractivity contribution in [3.05, 3.63) is 36.5 Å². The second-order valence-corrected chi connectivity index (χ2v) is 12.7. The molecular weight excluding hydrogens is 576 g/mol. The monoisotopic (exact) mass is 647 g/mol. The molecule has 0 aliphatic heterocycles. The van der Waals surface area contributed by atoms with Crippen LogP contribution in [0.2, 0.25) is 0 Å². The quantitative estimate of drug-likeness (QED) is 0.0251. The van der Waals surface area contributed by atoms with Gasteiger partial charge in [-0.05, 0) is 64.2 Å². The number of unbranched alkanes of at least 4 members (excludes halogenated alkanes) is 20. The summed E-state index contributed by atoms with van der Waals surface area (Å²) in [5.41, 5.74) is 0. The highest BCUT2D eigenvalue weighted by Gasteiger charge is 2.08. The van der Waals surface area contributed by atoms with E-state index < -0.39 is 17.9 Å². The minimum atomic E-state index is -0.836. The lowest BCUT2D eigenvalue weighted by molar-refractivity contribution is -0.156. The van der Waals surface area contributed by atoms with Crippen LogP contribution in [0.5, 0.6) is 0 Å². The third-order valence-corrected chi connectivity index (χ3v) is 8.19. The molecule has 6 nitrogen and oxygen atoms in total. The number of aliphatic hydroxyl groups excluding tert-OH is 1. The van der Waals surface area contributed by atoms with E-state index in [1.165, 1.54) is 89.9 Å². The maximum Gasteiger partial charge on any atom is 0.338 e. The number of esters is 3. The van der Waals surface area contributed by atoms with Gasteiger partial charge in [0.25, 0.3) is 0 Å². The minimum absolute atomic E-state index is 0.191. The van der Waals surface area contributed by atoms with Gasteiger partial charge in [-0.3, -0.25) is 4.79 Å². The number of aliphatic hydroxyl groups is 1. The molecule has 1 atom stereocenters. The standard InChI is InChI=1S/C40H70O6/c1-3-5-7-9-10-11-12-13-14-15-16-17-20-23-26-30-36-45-38(42)34-35-40(44)46-39(43)33-29-25-22-19-18-21-24-28-32-37(41)31-27-8-6-4-2/h13-14,24,28,34-35,37,41H,3-12,15-23,25-27,29-33,36H2,1-2H3/b14-13-,28-24-,35-34+/t37-/m1/s1. The number of hydrogen-bond acceptors (Lipinski definition) is 6. The third kappa shape index (κ3) is 34.7. The Labute approximate surface area is 282 Å². The van der Waals surface area contributed by atoms with Gasteiger partial charge in [0.2, 0.25) is 0 Å². The molecule has 6 heteroatoms. The number of ether oxygens (including phenoxy) is 2. The fraction of sp³-hybridized carbons (Fsp3) is 0.775. The Morgan fingerprint density at radius 1 is 0.543 bits per heavy atom. The van der Waals surface area contributed by atoms with E-state index in [1.54, 1.807) is 0 Å². The third-order valence-electron chi connectivity index (χ3n) is 8.19. The summed E-state index contributed by atoms with van der Waals surface area (Å²) >= 11 is 0. The van der Waals surface area contributed by atoms with E-state index >= 15 is 0 Å². The SMILES string of the molecule is CCCCCCCC/C=C\CCCCCCCCOC(=O)/C=C/C(=O)OC(=O)CCCCCCC/C=C\C[C@H](O)CCCCCC. The highest BCUT2D eigenvalue weighted by molar-refractivity contribution is 5.96. The van der Waals surface area contributed by atoms with Crippen molar-refractivity contribution >= 4 is 17.9 Å². The van der Waals surface area contributed by atoms with E-state index in [-0.39, 0.29) is 12.5 Å². The van der Waals surface area contributed by atoms with Crippen molar-refractivity contribution in [3.63, 3.8) is 0 Å². The topological polar surface area (TPSA) is 89.9 Å². The van der Waals surface area contributed by atoms with Crippen molar-refractivity contribution in [1.29, 1.82) is 0 Å². The number of carbonyl (C=O) groups is 3. The summed E-state index contributed by atoms with van der Waals surface area (Å²) in [5, 5.41) is 9.98. The lowest BCUT2D eigenvalue weighted by Gasteiger charge is -2.07. The molecule has 0 aliphatic carbocycles. The molecule has 0 amide bonds. The molecular formula is C40H70O6. The average molecular weight is 647 g/mol. The Bertz CT molecular complexity index is 800. The van der Waals surface area contributed by atoms with E-state index in [2.05, 4.69) is 38.2 Å². The summed E-state index contributed by atoms with van der Waals surface area (Å²) < 4.78 is 9.90. The summed E-state index contributed by atoms with van der Waals surface area (Å²) in [6, 6.07) is 0. The van der Waals surface area contributed by atoms with Crippen LogP contribution >= 0.6 is 0 Å². The molecule has 0 aliphatic rings. The fourth-order valence-electron chi connectivity index (χ4n) is 5.26. The van der Waals surface area contributed by atoms with Crippen molar-refractivity contribution in [2.24, 2.45) is 0 Å². The highest BCUT2D eigenvalue weighted by Crippen LogP contribution is 2.12. The zero-order chi connectivity index (χ0) is 33.8. The number of hydrogen-bond donors (Lipinski definition) is 1. The van der Waals surface area contributed by atoms with Crippen molar-refractivity contribution in [2.45, 2.75) is 193 Å². The molecule has 0 aromatic carbocycles. The van der Waals surface area contributed by atoms with Crippen molar-refractivity contribution < 1.29 is 29.0 Å². The van der Waals surface area contributed by atoms with Crippen molar-refractivity contribution in [1.82, 2.24) is 0 Å². The maximum absolute atomic E-state index is 11.9. The number of allylic oxidation sites excluding steroid dienone is 3. The van der Waals surface area contributed by atoms with Crippen LogP contribution in [0.25, 0.3) is 0 Å². The molecule has 46 heavy (non-hydrogen) atoms. The molecule has 266 valence electrons. The van der Waals surface area contributed by atoms with E-state index in [4.69, 9.17) is 9.47 Å². The number of carbonyl (C=O) groups excluding carboxylic acids is 3. The molecule has 0 saturated carbocycles. The minimum Gasteiger partial charge on any atom is -0.463 e. The van der Waals surface area contributed by atoms with Gasteiger partial charge in [-0.1, -0.05) is 141 Å².